The average molecular weight is 631 g/mol. The molecule has 0 aliphatic heterocycles. The molecule has 0 amide bonds. The van der Waals surface area contributed by atoms with Crippen molar-refractivity contribution in [3.8, 4) is 0 Å². The lowest BCUT2D eigenvalue weighted by Crippen LogP contribution is -2.57. The van der Waals surface area contributed by atoms with E-state index in [1.165, 1.54) is 0 Å². The van der Waals surface area contributed by atoms with Crippen LogP contribution in [0, 0.1) is 46.3 Å². The van der Waals surface area contributed by atoms with E-state index in [0.29, 0.717) is 19.3 Å². The number of halogens is 5. The lowest BCUT2D eigenvalue weighted by Gasteiger charge is -2.60. The summed E-state index contributed by atoms with van der Waals surface area (Å²) in [4.78, 5) is 36.7. The summed E-state index contributed by atoms with van der Waals surface area (Å²) in [6.07, 6.45) is -5.15. The summed E-state index contributed by atoms with van der Waals surface area (Å²) < 4.78 is 107. The molecule has 0 saturated heterocycles. The molecule has 2 unspecified atom stereocenters. The van der Waals surface area contributed by atoms with Crippen LogP contribution in [-0.4, -0.2) is 54.8 Å². The second-order valence-electron chi connectivity index (χ2n) is 13.4. The molecular formula is C28H39F5O8S. The van der Waals surface area contributed by atoms with Gasteiger partial charge < -0.3 is 9.47 Å². The molecule has 4 saturated carbocycles. The summed E-state index contributed by atoms with van der Waals surface area (Å²) in [5.74, 6) is -1.28. The van der Waals surface area contributed by atoms with E-state index in [4.69, 9.17) is 9.29 Å². The number of ether oxygens (including phenoxy) is 2. The molecule has 14 heteroatoms. The Kier molecular flexibility index (Phi) is 8.87. The first-order chi connectivity index (χ1) is 19.3. The van der Waals surface area contributed by atoms with Crippen LogP contribution in [0.2, 0.25) is 0 Å². The van der Waals surface area contributed by atoms with E-state index in [0.717, 1.165) is 38.5 Å². The van der Waals surface area contributed by atoms with Crippen molar-refractivity contribution in [3.63, 3.8) is 0 Å². The molecule has 0 heterocycles. The van der Waals surface area contributed by atoms with Gasteiger partial charge in [-0.2, -0.15) is 30.4 Å². The third kappa shape index (κ3) is 5.70. The van der Waals surface area contributed by atoms with Crippen molar-refractivity contribution >= 4 is 28.3 Å². The Morgan fingerprint density at radius 1 is 1.07 bits per heavy atom. The topological polar surface area (TPSA) is 124 Å². The third-order valence-corrected chi connectivity index (χ3v) is 12.3. The minimum atomic E-state index is -6.51. The normalized spacial score (nSPS) is 38.5. The van der Waals surface area contributed by atoms with Gasteiger partial charge in [0.15, 0.2) is 0 Å². The van der Waals surface area contributed by atoms with E-state index >= 15 is 0 Å². The Labute approximate surface area is 242 Å². The fourth-order valence-electron chi connectivity index (χ4n) is 9.27. The average Bonchev–Trinajstić information content (AvgIpc) is 3.22. The standard InChI is InChI=1S/C28H39F5O8S/c1-15(4-7-22(36)41-24(27(29,30)31)28(32,33)42(37,38)39)18-5-6-19-23-20(9-11-26(18,19)3)25(2)10-8-17(40-14-34)12-16(25)13-21(23)35/h14-20,23-24H,4-13H2,1-3H3,(H,37,38,39)/t15-,16?,17-,18-,19+,20+,23+,24?,25+,26-/m1/s1. The van der Waals surface area contributed by atoms with Crippen LogP contribution in [0.1, 0.15) is 85.0 Å². The molecule has 0 aromatic carbocycles. The molecule has 0 spiro atoms. The second-order valence-corrected chi connectivity index (χ2v) is 14.9. The Balaban J connectivity index is 1.42. The number of alkyl halides is 5. The number of carbonyl (C=O) groups excluding carboxylic acids is 3. The highest BCUT2D eigenvalue weighted by molar-refractivity contribution is 7.86. The Morgan fingerprint density at radius 3 is 2.29 bits per heavy atom. The Bertz CT molecular complexity index is 1180. The summed E-state index contributed by atoms with van der Waals surface area (Å²) >= 11 is 0. The lowest BCUT2D eigenvalue weighted by molar-refractivity contribution is -0.259. The quantitative estimate of drug-likeness (QED) is 0.148. The van der Waals surface area contributed by atoms with Gasteiger partial charge in [0.25, 0.3) is 12.6 Å². The smallest absolute Gasteiger partial charge is 0.432 e. The van der Waals surface area contributed by atoms with Crippen LogP contribution in [0.15, 0.2) is 0 Å². The largest absolute Gasteiger partial charge is 0.465 e. The molecule has 4 fully saturated rings. The number of Topliss-reactive ketones (excluding diaryl/α,β-unsaturated/α-hetero) is 1. The van der Waals surface area contributed by atoms with Gasteiger partial charge >= 0.3 is 27.5 Å². The second kappa shape index (κ2) is 11.3. The SMILES string of the molecule is C[C@H](CCC(=O)OC(C(F)(F)F)C(F)(F)S(=O)(=O)O)[C@H]1CC[C@H]2[C@@H]3C(=O)CC4C[C@H](OC=O)CC[C@]4(C)[C@H]3CC[C@]12C. The first-order valence-corrected chi connectivity index (χ1v) is 15.9. The van der Waals surface area contributed by atoms with Gasteiger partial charge in [0.2, 0.25) is 0 Å². The van der Waals surface area contributed by atoms with Crippen molar-refractivity contribution in [2.75, 3.05) is 0 Å². The highest BCUT2D eigenvalue weighted by Gasteiger charge is 2.66. The van der Waals surface area contributed by atoms with Crippen molar-refractivity contribution in [3.05, 3.63) is 0 Å². The van der Waals surface area contributed by atoms with Crippen LogP contribution < -0.4 is 0 Å². The number of ketones is 1. The van der Waals surface area contributed by atoms with E-state index in [1.54, 1.807) is 0 Å². The molecule has 0 aromatic heterocycles. The molecule has 10 atom stereocenters. The molecule has 4 aliphatic carbocycles. The summed E-state index contributed by atoms with van der Waals surface area (Å²) in [5, 5.41) is -5.76. The van der Waals surface area contributed by atoms with Crippen LogP contribution >= 0.6 is 0 Å². The van der Waals surface area contributed by atoms with Crippen LogP contribution in [0.4, 0.5) is 22.0 Å². The number of hydrogen-bond acceptors (Lipinski definition) is 7. The van der Waals surface area contributed by atoms with Crippen molar-refractivity contribution in [2.24, 2.45) is 46.3 Å². The number of fused-ring (bicyclic) bond motifs is 5. The van der Waals surface area contributed by atoms with E-state index in [-0.39, 0.29) is 64.6 Å². The van der Waals surface area contributed by atoms with Gasteiger partial charge in [-0.1, -0.05) is 20.8 Å². The molecular weight excluding hydrogens is 591 g/mol. The van der Waals surface area contributed by atoms with Gasteiger partial charge in [-0.15, -0.1) is 0 Å². The van der Waals surface area contributed by atoms with E-state index in [1.807, 2.05) is 6.92 Å². The minimum Gasteiger partial charge on any atom is -0.465 e. The molecule has 8 nitrogen and oxygen atoms in total. The van der Waals surface area contributed by atoms with Gasteiger partial charge in [-0.3, -0.25) is 18.9 Å². The zero-order valence-corrected chi connectivity index (χ0v) is 24.7. The third-order valence-electron chi connectivity index (χ3n) is 11.4. The molecule has 1 N–H and O–H groups in total. The molecule has 0 bridgehead atoms. The first-order valence-electron chi connectivity index (χ1n) is 14.5. The van der Waals surface area contributed by atoms with Crippen molar-refractivity contribution in [1.29, 1.82) is 0 Å². The highest BCUT2D eigenvalue weighted by atomic mass is 32.2. The highest BCUT2D eigenvalue weighted by Crippen LogP contribution is 2.67. The predicted molar refractivity (Wildman–Crippen MR) is 137 cm³/mol. The van der Waals surface area contributed by atoms with Gasteiger partial charge in [-0.25, -0.2) is 0 Å². The summed E-state index contributed by atoms with van der Waals surface area (Å²) in [7, 11) is -6.51. The van der Waals surface area contributed by atoms with E-state index in [9.17, 15) is 44.8 Å². The first kappa shape index (κ1) is 33.1. The zero-order valence-electron chi connectivity index (χ0n) is 23.9. The van der Waals surface area contributed by atoms with Crippen LogP contribution in [0.5, 0.6) is 0 Å². The van der Waals surface area contributed by atoms with Crippen LogP contribution in [-0.2, 0) is 34.0 Å². The fraction of sp³-hybridized carbons (Fsp3) is 0.893. The van der Waals surface area contributed by atoms with Crippen molar-refractivity contribution in [2.45, 2.75) is 109 Å². The Hall–Kier alpha value is -1.83. The fourth-order valence-corrected chi connectivity index (χ4v) is 9.72. The van der Waals surface area contributed by atoms with Crippen molar-refractivity contribution in [1.82, 2.24) is 0 Å². The predicted octanol–water partition coefficient (Wildman–Crippen LogP) is 5.74. The molecule has 42 heavy (non-hydrogen) atoms. The lowest BCUT2D eigenvalue weighted by atomic mass is 9.44. The number of hydrogen-bond donors (Lipinski definition) is 1. The van der Waals surface area contributed by atoms with Gasteiger partial charge in [0.05, 0.1) is 0 Å². The zero-order chi connectivity index (χ0) is 31.5. The van der Waals surface area contributed by atoms with E-state index < -0.39 is 40.0 Å². The summed E-state index contributed by atoms with van der Waals surface area (Å²) in [5.41, 5.74) is -0.303. The van der Waals surface area contributed by atoms with Crippen LogP contribution in [0.25, 0.3) is 0 Å². The maximum absolute atomic E-state index is 13.8. The maximum Gasteiger partial charge on any atom is 0.432 e. The molecule has 0 aromatic rings. The monoisotopic (exact) mass is 630 g/mol. The van der Waals surface area contributed by atoms with Crippen LogP contribution in [0.3, 0.4) is 0 Å². The summed E-state index contributed by atoms with van der Waals surface area (Å²) in [6, 6.07) is 0. The van der Waals surface area contributed by atoms with Crippen molar-refractivity contribution < 1.29 is 58.8 Å². The van der Waals surface area contributed by atoms with Gasteiger partial charge in [-0.05, 0) is 91.8 Å². The Morgan fingerprint density at radius 2 is 1.69 bits per heavy atom. The molecule has 4 rings (SSSR count). The molecule has 4 aliphatic rings. The summed E-state index contributed by atoms with van der Waals surface area (Å²) in [6.45, 7) is 6.68. The maximum atomic E-state index is 13.8. The van der Waals surface area contributed by atoms with Gasteiger partial charge in [0.1, 0.15) is 11.9 Å². The minimum absolute atomic E-state index is 0.0216. The number of carbonyl (C=O) groups is 3. The van der Waals surface area contributed by atoms with Gasteiger partial charge in [0, 0.05) is 18.8 Å². The van der Waals surface area contributed by atoms with E-state index in [2.05, 4.69) is 18.6 Å². The molecule has 240 valence electrons. The number of rotatable bonds is 9. The number of esters is 1. The molecule has 0 radical (unpaired) electrons.